The second-order valence-corrected chi connectivity index (χ2v) is 3.90. The number of carbonyl (C=O) groups is 1. The molecule has 2 aliphatic rings. The third-order valence-electron chi connectivity index (χ3n) is 3.14. The van der Waals surface area contributed by atoms with Crippen LogP contribution in [0.3, 0.4) is 0 Å². The molecule has 0 amide bonds. The van der Waals surface area contributed by atoms with E-state index in [4.69, 9.17) is 1.43 Å². The molecule has 2 bridgehead atoms. The fourth-order valence-corrected chi connectivity index (χ4v) is 2.33. The van der Waals surface area contributed by atoms with Gasteiger partial charge in [0.25, 0.3) is 1.43 Å². The van der Waals surface area contributed by atoms with Crippen LogP contribution in [0.1, 0.15) is 19.8 Å². The molecule has 3 atom stereocenters. The first-order valence-corrected chi connectivity index (χ1v) is 4.03. The van der Waals surface area contributed by atoms with Gasteiger partial charge in [0.1, 0.15) is 0 Å². The molecule has 1 saturated carbocycles. The molecule has 0 aromatic carbocycles. The molecule has 0 heterocycles. The Kier molecular flexibility index (Phi) is 0.989. The second-order valence-electron chi connectivity index (χ2n) is 3.90. The number of hydrogen-bond donors (Lipinski definition) is 1. The summed E-state index contributed by atoms with van der Waals surface area (Å²) in [5.41, 5.74) is -0.416. The highest BCUT2D eigenvalue weighted by Crippen LogP contribution is 2.51. The van der Waals surface area contributed by atoms with E-state index < -0.39 is 5.41 Å². The third-order valence-corrected chi connectivity index (χ3v) is 3.14. The zero-order valence-electron chi connectivity index (χ0n) is 7.54. The van der Waals surface area contributed by atoms with Gasteiger partial charge in [-0.05, 0) is 31.6 Å². The van der Waals surface area contributed by atoms with E-state index in [-0.39, 0.29) is 5.97 Å². The Bertz CT molecular complexity index is 249. The lowest BCUT2D eigenvalue weighted by atomic mass is 9.78. The maximum atomic E-state index is 11.3. The van der Waals surface area contributed by atoms with Gasteiger partial charge in [-0.3, -0.25) is 4.79 Å². The fraction of sp³-hybridized carbons (Fsp3) is 0.667. The number of fused-ring (bicyclic) bond motifs is 2. The van der Waals surface area contributed by atoms with E-state index in [1.54, 1.807) is 0 Å². The van der Waals surface area contributed by atoms with Crippen LogP contribution in [0.2, 0.25) is 0 Å². The summed E-state index contributed by atoms with van der Waals surface area (Å²) in [5, 5.41) is 4.07. The van der Waals surface area contributed by atoms with Gasteiger partial charge in [0.05, 0.1) is 5.41 Å². The topological polar surface area (TPSA) is 37.3 Å². The first kappa shape index (κ1) is 5.81. The lowest BCUT2D eigenvalue weighted by molar-refractivity contribution is -0.149. The van der Waals surface area contributed by atoms with Crippen LogP contribution >= 0.6 is 0 Å². The highest BCUT2D eigenvalue weighted by molar-refractivity contribution is 5.76. The first-order valence-electron chi connectivity index (χ1n) is 4.43. The smallest absolute Gasteiger partial charge is 0.309 e. The van der Waals surface area contributed by atoms with Gasteiger partial charge in [0.15, 0.2) is 0 Å². The largest absolute Gasteiger partial charge is 0.481 e. The molecular formula is C9H12O2. The molecule has 2 heteroatoms. The van der Waals surface area contributed by atoms with Gasteiger partial charge in [0, 0.05) is 0 Å². The van der Waals surface area contributed by atoms with Crippen LogP contribution in [-0.4, -0.2) is 11.1 Å². The molecule has 2 aliphatic carbocycles. The molecule has 0 saturated heterocycles. The zero-order chi connectivity index (χ0) is 8.77. The van der Waals surface area contributed by atoms with Crippen molar-refractivity contribution < 1.29 is 9.90 Å². The second kappa shape index (κ2) is 1.87. The van der Waals surface area contributed by atoms with Crippen LogP contribution in [0, 0.1) is 17.3 Å². The lowest BCUT2D eigenvalue weighted by Gasteiger charge is -2.25. The number of allylic oxidation sites excluding steroid dienone is 2. The lowest BCUT2D eigenvalue weighted by Crippen LogP contribution is -2.31. The van der Waals surface area contributed by atoms with E-state index in [1.165, 1.54) is 0 Å². The van der Waals surface area contributed by atoms with E-state index in [1.807, 2.05) is 6.92 Å². The molecule has 2 rings (SSSR count). The van der Waals surface area contributed by atoms with E-state index in [0.717, 1.165) is 12.8 Å². The maximum Gasteiger partial charge on any atom is 0.309 e. The van der Waals surface area contributed by atoms with Crippen molar-refractivity contribution in [3.8, 4) is 0 Å². The minimum Gasteiger partial charge on any atom is -0.481 e. The van der Waals surface area contributed by atoms with Crippen molar-refractivity contribution >= 4 is 5.97 Å². The Morgan fingerprint density at radius 3 is 3.09 bits per heavy atom. The molecule has 11 heavy (non-hydrogen) atoms. The molecule has 0 aromatic rings. The number of rotatable bonds is 1. The molecule has 1 N–H and O–H groups in total. The van der Waals surface area contributed by atoms with Crippen LogP contribution in [-0.2, 0) is 4.79 Å². The third kappa shape index (κ3) is 0.753. The van der Waals surface area contributed by atoms with E-state index in [2.05, 4.69) is 17.3 Å². The molecular weight excluding hydrogens is 140 g/mol. The van der Waals surface area contributed by atoms with Gasteiger partial charge >= 0.3 is 5.97 Å². The average molecular weight is 153 g/mol. The van der Waals surface area contributed by atoms with Crippen molar-refractivity contribution in [1.29, 1.82) is 1.43 Å². The van der Waals surface area contributed by atoms with Crippen molar-refractivity contribution in [3.63, 3.8) is 0 Å². The summed E-state index contributed by atoms with van der Waals surface area (Å²) in [6.07, 6.45) is 6.17. The molecule has 3 unspecified atom stereocenters. The number of carboxylic acids is 1. The SMILES string of the molecule is [2H]OC(=O)C1(C)CC2C=CC1C2. The Balaban J connectivity index is 2.23. The molecule has 0 spiro atoms. The van der Waals surface area contributed by atoms with Crippen LogP contribution in [0.4, 0.5) is 0 Å². The van der Waals surface area contributed by atoms with E-state index in [9.17, 15) is 4.79 Å². The van der Waals surface area contributed by atoms with Crippen LogP contribution in [0.5, 0.6) is 0 Å². The summed E-state index contributed by atoms with van der Waals surface area (Å²) in [6, 6.07) is 0. The van der Waals surface area contributed by atoms with Gasteiger partial charge in [-0.25, -0.2) is 0 Å². The monoisotopic (exact) mass is 153 g/mol. The predicted molar refractivity (Wildman–Crippen MR) is 41.1 cm³/mol. The van der Waals surface area contributed by atoms with Gasteiger partial charge < -0.3 is 5.11 Å². The van der Waals surface area contributed by atoms with Gasteiger partial charge in [-0.2, -0.15) is 0 Å². The van der Waals surface area contributed by atoms with Crippen molar-refractivity contribution in [1.82, 2.24) is 0 Å². The van der Waals surface area contributed by atoms with E-state index in [0.29, 0.717) is 11.8 Å². The van der Waals surface area contributed by atoms with Crippen molar-refractivity contribution in [2.75, 3.05) is 0 Å². The Morgan fingerprint density at radius 2 is 2.64 bits per heavy atom. The maximum absolute atomic E-state index is 11.3. The number of aliphatic carboxylic acids is 1. The normalized spacial score (nSPS) is 47.5. The van der Waals surface area contributed by atoms with Crippen molar-refractivity contribution in [2.45, 2.75) is 19.8 Å². The first-order chi connectivity index (χ1) is 5.66. The molecule has 60 valence electrons. The van der Waals surface area contributed by atoms with Crippen LogP contribution in [0.25, 0.3) is 1.43 Å². The summed E-state index contributed by atoms with van der Waals surface area (Å²) in [6.45, 7) is 1.90. The highest BCUT2D eigenvalue weighted by atomic mass is 16.4. The Morgan fingerprint density at radius 1 is 1.82 bits per heavy atom. The standard InChI is InChI=1S/C9H12O2/c1-9(8(10)11)5-6-2-3-7(9)4-6/h2-3,6-7H,4-5H2,1H3,(H,10,11)/i/hD. The van der Waals surface area contributed by atoms with Crippen molar-refractivity contribution in [3.05, 3.63) is 12.2 Å². The van der Waals surface area contributed by atoms with E-state index >= 15 is 0 Å². The fourth-order valence-electron chi connectivity index (χ4n) is 2.33. The van der Waals surface area contributed by atoms with Crippen molar-refractivity contribution in [2.24, 2.45) is 17.3 Å². The van der Waals surface area contributed by atoms with Gasteiger partial charge in [-0.1, -0.05) is 12.2 Å². The van der Waals surface area contributed by atoms with Crippen LogP contribution in [0.15, 0.2) is 12.2 Å². The average Bonchev–Trinajstić information content (AvgIpc) is 2.62. The quantitative estimate of drug-likeness (QED) is 0.582. The highest BCUT2D eigenvalue weighted by Gasteiger charge is 2.50. The van der Waals surface area contributed by atoms with Gasteiger partial charge in [0.2, 0.25) is 0 Å². The zero-order valence-corrected chi connectivity index (χ0v) is 6.54. The van der Waals surface area contributed by atoms with Crippen LogP contribution < -0.4 is 0 Å². The summed E-state index contributed by atoms with van der Waals surface area (Å²) in [5.74, 6) is 0.471. The number of hydrogen-bond acceptors (Lipinski definition) is 2. The van der Waals surface area contributed by atoms with Gasteiger partial charge in [-0.15, -0.1) is 0 Å². The summed E-state index contributed by atoms with van der Waals surface area (Å²) < 4.78 is 6.61. The number of carboxylic acid groups (broad SMARTS) is 1. The molecule has 1 fully saturated rings. The molecule has 0 radical (unpaired) electrons. The summed E-state index contributed by atoms with van der Waals surface area (Å²) in [7, 11) is 0. The Hall–Kier alpha value is -0.790. The molecule has 0 aromatic heterocycles. The minimum atomic E-state index is -0.416. The predicted octanol–water partition coefficient (Wildman–Crippen LogP) is 1.67. The molecule has 2 nitrogen and oxygen atoms in total. The minimum absolute atomic E-state index is 0.306. The summed E-state index contributed by atoms with van der Waals surface area (Å²) in [4.78, 5) is 11.3. The molecule has 0 aliphatic heterocycles. The Labute approximate surface area is 67.4 Å². The summed E-state index contributed by atoms with van der Waals surface area (Å²) >= 11 is 0.